The first kappa shape index (κ1) is 12.6. The summed E-state index contributed by atoms with van der Waals surface area (Å²) in [5, 5.41) is 9.29. The Balaban J connectivity index is 2.33. The number of ether oxygens (including phenoxy) is 2. The smallest absolute Gasteiger partial charge is 0.137 e. The van der Waals surface area contributed by atoms with Crippen molar-refractivity contribution in [3.8, 4) is 17.6 Å². The topological polar surface area (TPSA) is 38.7 Å². The van der Waals surface area contributed by atoms with Crippen LogP contribution in [-0.2, 0) is 11.3 Å². The van der Waals surface area contributed by atoms with E-state index in [1.807, 2.05) is 24.3 Å². The van der Waals surface area contributed by atoms with Crippen molar-refractivity contribution in [2.24, 2.45) is 0 Å². The van der Waals surface area contributed by atoms with E-state index in [2.05, 4.69) is 11.8 Å². The highest BCUT2D eigenvalue weighted by molar-refractivity contribution is 5.26. The van der Waals surface area contributed by atoms with Gasteiger partial charge in [0.1, 0.15) is 11.9 Å². The third kappa shape index (κ3) is 4.35. The standard InChI is InChI=1S/C13H16O3/c1-3-4-12(14)10-16-9-11-5-7-13(15-2)8-6-11/h5-8,12,14H,9-10H2,1-2H3. The molecule has 1 rings (SSSR count). The summed E-state index contributed by atoms with van der Waals surface area (Å²) in [6.07, 6.45) is -0.705. The summed E-state index contributed by atoms with van der Waals surface area (Å²) in [5.74, 6) is 6.07. The molecule has 0 bridgehead atoms. The van der Waals surface area contributed by atoms with E-state index >= 15 is 0 Å². The molecule has 1 unspecified atom stereocenters. The van der Waals surface area contributed by atoms with Gasteiger partial charge in [0.2, 0.25) is 0 Å². The number of benzene rings is 1. The lowest BCUT2D eigenvalue weighted by Crippen LogP contribution is -2.12. The summed E-state index contributed by atoms with van der Waals surface area (Å²) < 4.78 is 10.4. The molecule has 16 heavy (non-hydrogen) atoms. The largest absolute Gasteiger partial charge is 0.497 e. The molecule has 0 amide bonds. The van der Waals surface area contributed by atoms with Crippen molar-refractivity contribution in [2.75, 3.05) is 13.7 Å². The predicted molar refractivity (Wildman–Crippen MR) is 62.1 cm³/mol. The Morgan fingerprint density at radius 1 is 1.31 bits per heavy atom. The van der Waals surface area contributed by atoms with Gasteiger partial charge in [0, 0.05) is 0 Å². The van der Waals surface area contributed by atoms with Crippen LogP contribution < -0.4 is 4.74 Å². The minimum Gasteiger partial charge on any atom is -0.497 e. The summed E-state index contributed by atoms with van der Waals surface area (Å²) in [4.78, 5) is 0. The highest BCUT2D eigenvalue weighted by Gasteiger charge is 1.99. The van der Waals surface area contributed by atoms with Gasteiger partial charge in [0.25, 0.3) is 0 Å². The maximum absolute atomic E-state index is 9.29. The van der Waals surface area contributed by atoms with Crippen LogP contribution in [0.5, 0.6) is 5.75 Å². The van der Waals surface area contributed by atoms with Crippen molar-refractivity contribution in [2.45, 2.75) is 19.6 Å². The van der Waals surface area contributed by atoms with Crippen LogP contribution in [0.15, 0.2) is 24.3 Å². The summed E-state index contributed by atoms with van der Waals surface area (Å²) in [6, 6.07) is 7.61. The first-order valence-corrected chi connectivity index (χ1v) is 5.07. The Kier molecular flexibility index (Phi) is 5.41. The van der Waals surface area contributed by atoms with Gasteiger partial charge in [-0.25, -0.2) is 0 Å². The van der Waals surface area contributed by atoms with Crippen LogP contribution in [0, 0.1) is 11.8 Å². The van der Waals surface area contributed by atoms with E-state index in [1.54, 1.807) is 14.0 Å². The molecule has 0 heterocycles. The van der Waals surface area contributed by atoms with E-state index in [1.165, 1.54) is 0 Å². The van der Waals surface area contributed by atoms with Gasteiger partial charge in [-0.15, -0.1) is 5.92 Å². The average Bonchev–Trinajstić information content (AvgIpc) is 2.30. The van der Waals surface area contributed by atoms with Gasteiger partial charge in [-0.05, 0) is 24.6 Å². The van der Waals surface area contributed by atoms with Crippen molar-refractivity contribution in [1.82, 2.24) is 0 Å². The van der Waals surface area contributed by atoms with Gasteiger partial charge < -0.3 is 14.6 Å². The molecule has 0 fully saturated rings. The number of aliphatic hydroxyl groups excluding tert-OH is 1. The van der Waals surface area contributed by atoms with E-state index < -0.39 is 6.10 Å². The molecule has 0 aromatic heterocycles. The van der Waals surface area contributed by atoms with Crippen LogP contribution in [0.25, 0.3) is 0 Å². The monoisotopic (exact) mass is 220 g/mol. The normalized spacial score (nSPS) is 11.4. The van der Waals surface area contributed by atoms with Crippen molar-refractivity contribution in [3.05, 3.63) is 29.8 Å². The molecule has 0 radical (unpaired) electrons. The summed E-state index contributed by atoms with van der Waals surface area (Å²) in [6.45, 7) is 2.38. The Labute approximate surface area is 96.0 Å². The van der Waals surface area contributed by atoms with Gasteiger partial charge in [-0.2, -0.15) is 0 Å². The van der Waals surface area contributed by atoms with Gasteiger partial charge in [0.05, 0.1) is 20.3 Å². The van der Waals surface area contributed by atoms with Gasteiger partial charge >= 0.3 is 0 Å². The fourth-order valence-corrected chi connectivity index (χ4v) is 1.22. The van der Waals surface area contributed by atoms with E-state index in [4.69, 9.17) is 9.47 Å². The lowest BCUT2D eigenvalue weighted by molar-refractivity contribution is 0.0543. The zero-order valence-electron chi connectivity index (χ0n) is 9.56. The highest BCUT2D eigenvalue weighted by Crippen LogP contribution is 2.11. The van der Waals surface area contributed by atoms with Crippen LogP contribution in [0.2, 0.25) is 0 Å². The maximum atomic E-state index is 9.29. The molecule has 1 aromatic carbocycles. The van der Waals surface area contributed by atoms with Gasteiger partial charge in [-0.3, -0.25) is 0 Å². The van der Waals surface area contributed by atoms with E-state index in [-0.39, 0.29) is 6.61 Å². The molecule has 86 valence electrons. The van der Waals surface area contributed by atoms with Crippen molar-refractivity contribution in [1.29, 1.82) is 0 Å². The Hall–Kier alpha value is -1.50. The van der Waals surface area contributed by atoms with E-state index in [0.29, 0.717) is 6.61 Å². The number of hydrogen-bond donors (Lipinski definition) is 1. The molecule has 1 aromatic rings. The second-order valence-corrected chi connectivity index (χ2v) is 3.27. The zero-order valence-corrected chi connectivity index (χ0v) is 9.56. The second-order valence-electron chi connectivity index (χ2n) is 3.27. The molecule has 1 atom stereocenters. The Morgan fingerprint density at radius 2 is 2.00 bits per heavy atom. The van der Waals surface area contributed by atoms with Gasteiger partial charge in [0.15, 0.2) is 0 Å². The van der Waals surface area contributed by atoms with Crippen molar-refractivity contribution >= 4 is 0 Å². The molecule has 0 saturated carbocycles. The number of aliphatic hydroxyl groups is 1. The Bertz CT molecular complexity index is 359. The molecular weight excluding hydrogens is 204 g/mol. The lowest BCUT2D eigenvalue weighted by atomic mass is 10.2. The minimum atomic E-state index is -0.705. The molecule has 0 aliphatic rings. The number of hydrogen-bond acceptors (Lipinski definition) is 3. The third-order valence-corrected chi connectivity index (χ3v) is 2.01. The summed E-state index contributed by atoms with van der Waals surface area (Å²) in [7, 11) is 1.63. The number of rotatable bonds is 5. The molecule has 3 nitrogen and oxygen atoms in total. The number of methoxy groups -OCH3 is 1. The predicted octanol–water partition coefficient (Wildman–Crippen LogP) is 1.60. The maximum Gasteiger partial charge on any atom is 0.137 e. The van der Waals surface area contributed by atoms with Crippen LogP contribution in [-0.4, -0.2) is 24.9 Å². The van der Waals surface area contributed by atoms with E-state index in [9.17, 15) is 5.11 Å². The fraction of sp³-hybridized carbons (Fsp3) is 0.385. The minimum absolute atomic E-state index is 0.229. The van der Waals surface area contributed by atoms with E-state index in [0.717, 1.165) is 11.3 Å². The molecular formula is C13H16O3. The summed E-state index contributed by atoms with van der Waals surface area (Å²) >= 11 is 0. The molecule has 0 spiro atoms. The van der Waals surface area contributed by atoms with Crippen LogP contribution in [0.4, 0.5) is 0 Å². The average molecular weight is 220 g/mol. The summed E-state index contributed by atoms with van der Waals surface area (Å²) in [5.41, 5.74) is 1.04. The molecule has 0 aliphatic heterocycles. The third-order valence-electron chi connectivity index (χ3n) is 2.01. The van der Waals surface area contributed by atoms with Crippen LogP contribution >= 0.6 is 0 Å². The molecule has 3 heteroatoms. The SMILES string of the molecule is CC#CC(O)COCc1ccc(OC)cc1. The molecule has 0 saturated heterocycles. The van der Waals surface area contributed by atoms with Crippen molar-refractivity contribution in [3.63, 3.8) is 0 Å². The quantitative estimate of drug-likeness (QED) is 0.766. The lowest BCUT2D eigenvalue weighted by Gasteiger charge is -2.06. The van der Waals surface area contributed by atoms with Gasteiger partial charge in [-0.1, -0.05) is 18.1 Å². The first-order chi connectivity index (χ1) is 7.76. The van der Waals surface area contributed by atoms with Crippen LogP contribution in [0.1, 0.15) is 12.5 Å². The zero-order chi connectivity index (χ0) is 11.8. The van der Waals surface area contributed by atoms with Crippen molar-refractivity contribution < 1.29 is 14.6 Å². The van der Waals surface area contributed by atoms with Crippen LogP contribution in [0.3, 0.4) is 0 Å². The molecule has 1 N–H and O–H groups in total. The first-order valence-electron chi connectivity index (χ1n) is 5.07. The Morgan fingerprint density at radius 3 is 2.56 bits per heavy atom. The molecule has 0 aliphatic carbocycles. The highest BCUT2D eigenvalue weighted by atomic mass is 16.5. The fourth-order valence-electron chi connectivity index (χ4n) is 1.22. The second kappa shape index (κ2) is 6.89.